The number of rotatable bonds is 5. The highest BCUT2D eigenvalue weighted by molar-refractivity contribution is 7.99. The van der Waals surface area contributed by atoms with Gasteiger partial charge in [-0.05, 0) is 22.6 Å². The first-order chi connectivity index (χ1) is 8.81. The molecule has 2 aromatic rings. The minimum atomic E-state index is -0.00117. The number of nitrogens with zero attached hydrogens (tertiary/aromatic N) is 4. The fraction of sp³-hybridized carbons (Fsp3) is 0.273. The van der Waals surface area contributed by atoms with Crippen LogP contribution in [0.3, 0.4) is 0 Å². The summed E-state index contributed by atoms with van der Waals surface area (Å²) in [6.45, 7) is 0. The third-order valence-electron chi connectivity index (χ3n) is 2.28. The van der Waals surface area contributed by atoms with Crippen LogP contribution in [-0.2, 0) is 10.5 Å². The molecule has 0 aliphatic carbocycles. The molecular formula is C11H13N5OS. The van der Waals surface area contributed by atoms with Crippen molar-refractivity contribution in [1.82, 2.24) is 25.5 Å². The van der Waals surface area contributed by atoms with E-state index in [2.05, 4.69) is 20.8 Å². The Kier molecular flexibility index (Phi) is 4.30. The van der Waals surface area contributed by atoms with Gasteiger partial charge in [0.2, 0.25) is 5.91 Å². The van der Waals surface area contributed by atoms with Gasteiger partial charge in [0.25, 0.3) is 0 Å². The average molecular weight is 263 g/mol. The van der Waals surface area contributed by atoms with E-state index >= 15 is 0 Å². The molecule has 1 aromatic heterocycles. The Balaban J connectivity index is 2.03. The Morgan fingerprint density at radius 2 is 2.17 bits per heavy atom. The number of carbonyl (C=O) groups excluding carboxylic acids is 1. The molecule has 0 fully saturated rings. The van der Waals surface area contributed by atoms with Gasteiger partial charge in [-0.2, -0.15) is 4.68 Å². The second kappa shape index (κ2) is 6.15. The van der Waals surface area contributed by atoms with Crippen molar-refractivity contribution in [3.63, 3.8) is 0 Å². The van der Waals surface area contributed by atoms with Crippen molar-refractivity contribution in [3.05, 3.63) is 36.2 Å². The van der Waals surface area contributed by atoms with Crippen molar-refractivity contribution >= 4 is 17.7 Å². The lowest BCUT2D eigenvalue weighted by atomic mass is 10.3. The molecule has 0 unspecified atom stereocenters. The van der Waals surface area contributed by atoms with E-state index in [1.165, 1.54) is 11.8 Å². The summed E-state index contributed by atoms with van der Waals surface area (Å²) >= 11 is 1.48. The summed E-state index contributed by atoms with van der Waals surface area (Å²) in [4.78, 5) is 11.1. The van der Waals surface area contributed by atoms with E-state index in [4.69, 9.17) is 0 Å². The Morgan fingerprint density at radius 1 is 1.39 bits per heavy atom. The van der Waals surface area contributed by atoms with Crippen LogP contribution in [-0.4, -0.2) is 38.9 Å². The number of tetrazole rings is 1. The molecule has 0 spiro atoms. The van der Waals surface area contributed by atoms with E-state index < -0.39 is 0 Å². The second-order valence-corrected chi connectivity index (χ2v) is 4.49. The molecule has 0 saturated heterocycles. The van der Waals surface area contributed by atoms with E-state index in [0.29, 0.717) is 11.5 Å². The van der Waals surface area contributed by atoms with Crippen molar-refractivity contribution in [2.75, 3.05) is 12.8 Å². The molecule has 0 radical (unpaired) electrons. The van der Waals surface area contributed by atoms with Crippen LogP contribution in [0.25, 0.3) is 5.69 Å². The number of hydrogen-bond acceptors (Lipinski definition) is 5. The molecule has 0 aliphatic heterocycles. The number of nitrogens with one attached hydrogen (secondary N) is 1. The lowest BCUT2D eigenvalue weighted by Crippen LogP contribution is -2.20. The fourth-order valence-corrected chi connectivity index (χ4v) is 2.17. The summed E-state index contributed by atoms with van der Waals surface area (Å²) in [6.07, 6.45) is 0. The molecule has 0 atom stereocenters. The maximum absolute atomic E-state index is 11.1. The molecule has 6 nitrogen and oxygen atoms in total. The van der Waals surface area contributed by atoms with Crippen LogP contribution >= 0.6 is 11.8 Å². The standard InChI is InChI=1S/C11H13N5OS/c1-12-11(17)8-18-7-10-13-14-15-16(10)9-5-3-2-4-6-9/h2-6H,7-8H2,1H3,(H,12,17). The van der Waals surface area contributed by atoms with Gasteiger partial charge in [-0.15, -0.1) is 16.9 Å². The van der Waals surface area contributed by atoms with Crippen LogP contribution in [0.1, 0.15) is 5.82 Å². The van der Waals surface area contributed by atoms with E-state index in [0.717, 1.165) is 11.5 Å². The maximum Gasteiger partial charge on any atom is 0.229 e. The van der Waals surface area contributed by atoms with Crippen molar-refractivity contribution in [3.8, 4) is 5.69 Å². The van der Waals surface area contributed by atoms with Gasteiger partial charge in [0, 0.05) is 7.05 Å². The topological polar surface area (TPSA) is 72.7 Å². The van der Waals surface area contributed by atoms with Gasteiger partial charge in [0.15, 0.2) is 5.82 Å². The Labute approximate surface area is 109 Å². The predicted molar refractivity (Wildman–Crippen MR) is 69.4 cm³/mol. The Bertz CT molecular complexity index is 513. The van der Waals surface area contributed by atoms with E-state index in [1.807, 2.05) is 30.3 Å². The SMILES string of the molecule is CNC(=O)CSCc1nnnn1-c1ccccc1. The van der Waals surface area contributed by atoms with Gasteiger partial charge < -0.3 is 5.32 Å². The molecule has 1 heterocycles. The summed E-state index contributed by atoms with van der Waals surface area (Å²) in [5.74, 6) is 1.72. The molecule has 1 aromatic carbocycles. The zero-order valence-electron chi connectivity index (χ0n) is 9.91. The molecule has 0 bridgehead atoms. The van der Waals surface area contributed by atoms with Crippen LogP contribution in [0.15, 0.2) is 30.3 Å². The number of amides is 1. The molecule has 7 heteroatoms. The minimum Gasteiger partial charge on any atom is -0.358 e. The van der Waals surface area contributed by atoms with Crippen molar-refractivity contribution in [1.29, 1.82) is 0 Å². The van der Waals surface area contributed by atoms with E-state index in [1.54, 1.807) is 11.7 Å². The van der Waals surface area contributed by atoms with Crippen LogP contribution in [0, 0.1) is 0 Å². The lowest BCUT2D eigenvalue weighted by molar-refractivity contribution is -0.118. The predicted octanol–water partition coefficient (Wildman–Crippen LogP) is 0.641. The zero-order chi connectivity index (χ0) is 12.8. The number of benzene rings is 1. The summed E-state index contributed by atoms with van der Waals surface area (Å²) in [7, 11) is 1.62. The number of para-hydroxylation sites is 1. The first kappa shape index (κ1) is 12.6. The first-order valence-corrected chi connectivity index (χ1v) is 6.57. The van der Waals surface area contributed by atoms with Gasteiger partial charge >= 0.3 is 0 Å². The molecule has 1 amide bonds. The molecule has 2 rings (SSSR count). The minimum absolute atomic E-state index is 0.00117. The van der Waals surface area contributed by atoms with Gasteiger partial charge in [0.1, 0.15) is 0 Å². The Hall–Kier alpha value is -1.89. The molecule has 1 N–H and O–H groups in total. The van der Waals surface area contributed by atoms with E-state index in [-0.39, 0.29) is 5.91 Å². The van der Waals surface area contributed by atoms with Gasteiger partial charge in [-0.3, -0.25) is 4.79 Å². The van der Waals surface area contributed by atoms with E-state index in [9.17, 15) is 4.79 Å². The summed E-state index contributed by atoms with van der Waals surface area (Å²) in [6, 6.07) is 9.66. The number of aromatic nitrogens is 4. The van der Waals surface area contributed by atoms with Crippen molar-refractivity contribution in [2.24, 2.45) is 0 Å². The molecule has 94 valence electrons. The highest BCUT2D eigenvalue weighted by atomic mass is 32.2. The van der Waals surface area contributed by atoms with Crippen molar-refractivity contribution < 1.29 is 4.79 Å². The smallest absolute Gasteiger partial charge is 0.229 e. The van der Waals surface area contributed by atoms with Gasteiger partial charge in [-0.25, -0.2) is 0 Å². The molecule has 0 saturated carbocycles. The maximum atomic E-state index is 11.1. The van der Waals surface area contributed by atoms with Crippen LogP contribution in [0.4, 0.5) is 0 Å². The number of thioether (sulfide) groups is 1. The van der Waals surface area contributed by atoms with Gasteiger partial charge in [-0.1, -0.05) is 18.2 Å². The third-order valence-corrected chi connectivity index (χ3v) is 3.21. The summed E-state index contributed by atoms with van der Waals surface area (Å²) < 4.78 is 1.68. The Morgan fingerprint density at radius 3 is 2.89 bits per heavy atom. The lowest BCUT2D eigenvalue weighted by Gasteiger charge is -2.03. The first-order valence-electron chi connectivity index (χ1n) is 5.42. The molecule has 0 aliphatic rings. The quantitative estimate of drug-likeness (QED) is 0.857. The largest absolute Gasteiger partial charge is 0.358 e. The monoisotopic (exact) mass is 263 g/mol. The second-order valence-electron chi connectivity index (χ2n) is 3.51. The third kappa shape index (κ3) is 3.07. The summed E-state index contributed by atoms with van der Waals surface area (Å²) in [5.41, 5.74) is 0.915. The average Bonchev–Trinajstić information content (AvgIpc) is 2.88. The summed E-state index contributed by atoms with van der Waals surface area (Å²) in [5, 5.41) is 14.1. The number of hydrogen-bond donors (Lipinski definition) is 1. The van der Waals surface area contributed by atoms with Crippen LogP contribution in [0.5, 0.6) is 0 Å². The zero-order valence-corrected chi connectivity index (χ0v) is 10.7. The highest BCUT2D eigenvalue weighted by Crippen LogP contribution is 2.12. The van der Waals surface area contributed by atoms with Crippen molar-refractivity contribution in [2.45, 2.75) is 5.75 Å². The molecule has 18 heavy (non-hydrogen) atoms. The van der Waals surface area contributed by atoms with Crippen LogP contribution < -0.4 is 5.32 Å². The highest BCUT2D eigenvalue weighted by Gasteiger charge is 2.08. The van der Waals surface area contributed by atoms with Crippen LogP contribution in [0.2, 0.25) is 0 Å². The van der Waals surface area contributed by atoms with Gasteiger partial charge in [0.05, 0.1) is 17.2 Å². The fourth-order valence-electron chi connectivity index (χ4n) is 1.37. The number of carbonyl (C=O) groups is 1. The molecular weight excluding hydrogens is 250 g/mol. The normalized spacial score (nSPS) is 10.3.